The van der Waals surface area contributed by atoms with Crippen molar-refractivity contribution in [1.29, 1.82) is 5.26 Å². The number of hydrogen-bond donors (Lipinski definition) is 0. The molecule has 0 atom stereocenters. The summed E-state index contributed by atoms with van der Waals surface area (Å²) in [6.07, 6.45) is -3.13. The van der Waals surface area contributed by atoms with Crippen molar-refractivity contribution in [1.82, 2.24) is 4.98 Å². The largest absolute Gasteiger partial charge is 0.466 e. The van der Waals surface area contributed by atoms with Gasteiger partial charge in [-0.05, 0) is 6.92 Å². The van der Waals surface area contributed by atoms with Gasteiger partial charge in [0.05, 0.1) is 29.2 Å². The summed E-state index contributed by atoms with van der Waals surface area (Å²) in [5, 5.41) is 19.6. The van der Waals surface area contributed by atoms with Crippen LogP contribution in [0.1, 0.15) is 30.2 Å². The molecule has 0 saturated heterocycles. The van der Waals surface area contributed by atoms with Gasteiger partial charge in [0.1, 0.15) is 17.8 Å². The van der Waals surface area contributed by atoms with Crippen LogP contribution >= 0.6 is 0 Å². The fraction of sp³-hybridized carbons (Fsp3) is 0.364. The molecule has 7 nitrogen and oxygen atoms in total. The maximum atomic E-state index is 12.9. The van der Waals surface area contributed by atoms with E-state index in [0.717, 1.165) is 0 Å². The van der Waals surface area contributed by atoms with E-state index < -0.39 is 40.6 Å². The third kappa shape index (κ3) is 3.23. The van der Waals surface area contributed by atoms with Crippen molar-refractivity contribution in [3.05, 3.63) is 33.1 Å². The normalized spacial score (nSPS) is 10.2. The van der Waals surface area contributed by atoms with Crippen LogP contribution in [0.2, 0.25) is 0 Å². The lowest BCUT2D eigenvalue weighted by Crippen LogP contribution is -2.12. The average Bonchev–Trinajstić information content (AvgIpc) is 2.37. The third-order valence-electron chi connectivity index (χ3n) is 2.32. The third-order valence-corrected chi connectivity index (χ3v) is 2.32. The van der Waals surface area contributed by atoms with Gasteiger partial charge in [0.25, 0.3) is 12.1 Å². The molecule has 0 fully saturated rings. The molecule has 0 radical (unpaired) electrons. The Labute approximate surface area is 111 Å². The van der Waals surface area contributed by atoms with Crippen LogP contribution in [0.25, 0.3) is 0 Å². The van der Waals surface area contributed by atoms with Crippen LogP contribution in [0.3, 0.4) is 0 Å². The van der Waals surface area contributed by atoms with Gasteiger partial charge < -0.3 is 4.74 Å². The van der Waals surface area contributed by atoms with Gasteiger partial charge in [0, 0.05) is 0 Å². The van der Waals surface area contributed by atoms with Crippen molar-refractivity contribution in [2.75, 3.05) is 6.61 Å². The molecule has 0 aromatic carbocycles. The van der Waals surface area contributed by atoms with Crippen LogP contribution in [0.15, 0.2) is 6.20 Å². The molecular formula is C11H9F2N3O4. The minimum atomic E-state index is -3.23. The van der Waals surface area contributed by atoms with E-state index >= 15 is 0 Å². The SMILES string of the molecule is CCOC(=O)Cc1ncc([N+](=O)[O-])c(C(F)F)c1C#N. The summed E-state index contributed by atoms with van der Waals surface area (Å²) in [4.78, 5) is 24.4. The Bertz CT molecular complexity index is 584. The molecule has 0 amide bonds. The van der Waals surface area contributed by atoms with E-state index in [-0.39, 0.29) is 12.3 Å². The van der Waals surface area contributed by atoms with Crippen LogP contribution in [0.4, 0.5) is 14.5 Å². The Morgan fingerprint density at radius 1 is 1.65 bits per heavy atom. The van der Waals surface area contributed by atoms with Gasteiger partial charge in [-0.2, -0.15) is 5.26 Å². The first-order valence-corrected chi connectivity index (χ1v) is 5.42. The second kappa shape index (κ2) is 6.51. The van der Waals surface area contributed by atoms with Crippen molar-refractivity contribution in [2.45, 2.75) is 19.8 Å². The predicted octanol–water partition coefficient (Wildman–Crippen LogP) is 1.90. The quantitative estimate of drug-likeness (QED) is 0.464. The molecule has 0 saturated carbocycles. The van der Waals surface area contributed by atoms with E-state index in [0.29, 0.717) is 6.20 Å². The lowest BCUT2D eigenvalue weighted by atomic mass is 10.0. The predicted molar refractivity (Wildman–Crippen MR) is 60.9 cm³/mol. The summed E-state index contributed by atoms with van der Waals surface area (Å²) >= 11 is 0. The molecule has 1 rings (SSSR count). The first-order valence-electron chi connectivity index (χ1n) is 5.42. The summed E-state index contributed by atoms with van der Waals surface area (Å²) in [6.45, 7) is 1.63. The number of hydrogen-bond acceptors (Lipinski definition) is 6. The number of nitro groups is 1. The first-order chi connectivity index (χ1) is 9.42. The van der Waals surface area contributed by atoms with Crippen molar-refractivity contribution in [3.8, 4) is 6.07 Å². The standard InChI is InChI=1S/C11H9F2N3O4/c1-2-20-9(17)3-7-6(4-14)10(11(12)13)8(5-15-7)16(18)19/h5,11H,2-3H2,1H3. The maximum absolute atomic E-state index is 12.9. The van der Waals surface area contributed by atoms with Gasteiger partial charge in [0.15, 0.2) is 0 Å². The van der Waals surface area contributed by atoms with E-state index in [1.54, 1.807) is 6.92 Å². The van der Waals surface area contributed by atoms with E-state index in [1.165, 1.54) is 6.07 Å². The molecule has 0 bridgehead atoms. The molecule has 0 aliphatic heterocycles. The molecule has 0 aliphatic rings. The number of nitrogens with zero attached hydrogens (tertiary/aromatic N) is 3. The van der Waals surface area contributed by atoms with Gasteiger partial charge >= 0.3 is 5.97 Å². The topological polar surface area (TPSA) is 106 Å². The molecule has 0 unspecified atom stereocenters. The fourth-order valence-corrected chi connectivity index (χ4v) is 1.53. The number of alkyl halides is 2. The molecule has 1 heterocycles. The molecule has 0 aliphatic carbocycles. The number of esters is 1. The zero-order valence-electron chi connectivity index (χ0n) is 10.3. The monoisotopic (exact) mass is 285 g/mol. The van der Waals surface area contributed by atoms with Crippen LogP contribution in [-0.4, -0.2) is 22.5 Å². The number of rotatable bonds is 5. The molecule has 0 N–H and O–H groups in total. The Morgan fingerprint density at radius 3 is 2.75 bits per heavy atom. The number of pyridine rings is 1. The highest BCUT2D eigenvalue weighted by molar-refractivity contribution is 5.73. The molecule has 0 spiro atoms. The summed E-state index contributed by atoms with van der Waals surface area (Å²) in [5.41, 5.74) is -2.93. The highest BCUT2D eigenvalue weighted by atomic mass is 19.3. The molecule has 1 aromatic rings. The van der Waals surface area contributed by atoms with Crippen LogP contribution in [-0.2, 0) is 16.0 Å². The average molecular weight is 285 g/mol. The molecule has 9 heteroatoms. The van der Waals surface area contributed by atoms with E-state index in [9.17, 15) is 23.7 Å². The molecular weight excluding hydrogens is 276 g/mol. The fourth-order valence-electron chi connectivity index (χ4n) is 1.53. The lowest BCUT2D eigenvalue weighted by molar-refractivity contribution is -0.386. The number of carbonyl (C=O) groups is 1. The minimum absolute atomic E-state index is 0.0788. The van der Waals surface area contributed by atoms with Gasteiger partial charge in [0.2, 0.25) is 0 Å². The molecule has 106 valence electrons. The highest BCUT2D eigenvalue weighted by Gasteiger charge is 2.29. The lowest BCUT2D eigenvalue weighted by Gasteiger charge is -2.08. The number of ether oxygens (including phenoxy) is 1. The summed E-state index contributed by atoms with van der Waals surface area (Å²) in [6, 6.07) is 1.43. The van der Waals surface area contributed by atoms with Gasteiger partial charge in [-0.15, -0.1) is 0 Å². The number of nitriles is 1. The van der Waals surface area contributed by atoms with Crippen LogP contribution < -0.4 is 0 Å². The Morgan fingerprint density at radius 2 is 2.30 bits per heavy atom. The number of carbonyl (C=O) groups excluding carboxylic acids is 1. The Hall–Kier alpha value is -2.63. The second-order valence-electron chi connectivity index (χ2n) is 3.53. The summed E-state index contributed by atoms with van der Waals surface area (Å²) in [7, 11) is 0. The van der Waals surface area contributed by atoms with Gasteiger partial charge in [-0.1, -0.05) is 0 Å². The van der Waals surface area contributed by atoms with E-state index in [4.69, 9.17) is 5.26 Å². The Kier molecular flexibility index (Phi) is 5.02. The molecule has 1 aromatic heterocycles. The van der Waals surface area contributed by atoms with Crippen molar-refractivity contribution in [2.24, 2.45) is 0 Å². The van der Waals surface area contributed by atoms with E-state index in [2.05, 4.69) is 9.72 Å². The van der Waals surface area contributed by atoms with E-state index in [1.807, 2.05) is 0 Å². The van der Waals surface area contributed by atoms with Crippen molar-refractivity contribution in [3.63, 3.8) is 0 Å². The summed E-state index contributed by atoms with van der Waals surface area (Å²) < 4.78 is 30.4. The summed E-state index contributed by atoms with van der Waals surface area (Å²) in [5.74, 6) is -0.759. The zero-order valence-corrected chi connectivity index (χ0v) is 10.3. The minimum Gasteiger partial charge on any atom is -0.466 e. The number of halogens is 2. The molecule has 20 heavy (non-hydrogen) atoms. The van der Waals surface area contributed by atoms with Crippen molar-refractivity contribution < 1.29 is 23.2 Å². The van der Waals surface area contributed by atoms with Crippen LogP contribution in [0, 0.1) is 21.4 Å². The Balaban J connectivity index is 3.35. The smallest absolute Gasteiger partial charge is 0.311 e. The van der Waals surface area contributed by atoms with Gasteiger partial charge in [-0.25, -0.2) is 8.78 Å². The van der Waals surface area contributed by atoms with Gasteiger partial charge in [-0.3, -0.25) is 19.9 Å². The second-order valence-corrected chi connectivity index (χ2v) is 3.53. The first kappa shape index (κ1) is 15.4. The number of aromatic nitrogens is 1. The maximum Gasteiger partial charge on any atom is 0.311 e. The zero-order chi connectivity index (χ0) is 15.3. The van der Waals surface area contributed by atoms with Crippen LogP contribution in [0.5, 0.6) is 0 Å². The highest BCUT2D eigenvalue weighted by Crippen LogP contribution is 2.32. The van der Waals surface area contributed by atoms with Crippen molar-refractivity contribution >= 4 is 11.7 Å².